The van der Waals surface area contributed by atoms with Gasteiger partial charge in [0.05, 0.1) is 6.54 Å². The summed E-state index contributed by atoms with van der Waals surface area (Å²) < 4.78 is 26.4. The minimum Gasteiger partial charge on any atom is -0.454 e. The number of nitrogens with one attached hydrogen (secondary N) is 1. The number of ether oxygens (including phenoxy) is 2. The van der Waals surface area contributed by atoms with Gasteiger partial charge in [-0.15, -0.1) is 10.2 Å². The normalized spacial score (nSPS) is 16.1. The van der Waals surface area contributed by atoms with E-state index in [2.05, 4.69) is 44.0 Å². The van der Waals surface area contributed by atoms with Crippen LogP contribution in [0.4, 0.5) is 4.39 Å². The maximum Gasteiger partial charge on any atom is 0.251 e. The summed E-state index contributed by atoms with van der Waals surface area (Å²) in [6.45, 7) is 6.37. The van der Waals surface area contributed by atoms with Gasteiger partial charge in [-0.25, -0.2) is 4.39 Å². The van der Waals surface area contributed by atoms with E-state index in [0.717, 1.165) is 62.2 Å². The number of halogens is 1. The van der Waals surface area contributed by atoms with Crippen molar-refractivity contribution in [2.75, 3.05) is 26.4 Å². The summed E-state index contributed by atoms with van der Waals surface area (Å²) in [7, 11) is 0. The van der Waals surface area contributed by atoms with Crippen LogP contribution in [0.15, 0.2) is 42.5 Å². The topological polar surface area (TPSA) is 81.5 Å². The molecule has 0 saturated carbocycles. The maximum atomic E-state index is 13.4. The van der Waals surface area contributed by atoms with E-state index in [9.17, 15) is 9.18 Å². The van der Waals surface area contributed by atoms with Gasteiger partial charge in [0.25, 0.3) is 5.91 Å². The number of rotatable bonds is 7. The van der Waals surface area contributed by atoms with Crippen LogP contribution in [-0.4, -0.2) is 52.0 Å². The van der Waals surface area contributed by atoms with Crippen LogP contribution in [0.1, 0.15) is 34.5 Å². The number of carbonyl (C=O) groups is 1. The molecule has 2 aliphatic rings. The predicted molar refractivity (Wildman–Crippen MR) is 123 cm³/mol. The van der Waals surface area contributed by atoms with Gasteiger partial charge in [-0.2, -0.15) is 0 Å². The molecule has 0 spiro atoms. The van der Waals surface area contributed by atoms with Crippen molar-refractivity contribution in [1.82, 2.24) is 25.0 Å². The van der Waals surface area contributed by atoms with Crippen molar-refractivity contribution in [1.29, 1.82) is 0 Å². The fourth-order valence-corrected chi connectivity index (χ4v) is 4.61. The Bertz CT molecular complexity index is 1180. The standard InChI is InChI=1S/C25H28FN5O3/c1-17(11-18-5-6-21-22(12-18)34-16-33-21)15-30-8-7-23-28-29-24(31(23)10-9-30)14-27-25(32)19-3-2-4-20(26)13-19/h2-6,12-13,17H,7-11,14-16H2,1H3,(H,27,32)/t17-/m0/s1. The van der Waals surface area contributed by atoms with Crippen molar-refractivity contribution >= 4 is 5.91 Å². The molecule has 3 aromatic rings. The van der Waals surface area contributed by atoms with Crippen molar-refractivity contribution in [3.63, 3.8) is 0 Å². The third-order valence-corrected chi connectivity index (χ3v) is 6.28. The maximum absolute atomic E-state index is 13.4. The number of hydrogen-bond acceptors (Lipinski definition) is 6. The van der Waals surface area contributed by atoms with E-state index in [0.29, 0.717) is 18.3 Å². The van der Waals surface area contributed by atoms with Crippen molar-refractivity contribution in [3.05, 3.63) is 71.1 Å². The van der Waals surface area contributed by atoms with Gasteiger partial charge in [0.1, 0.15) is 11.6 Å². The first-order chi connectivity index (χ1) is 16.5. The molecule has 2 aliphatic heterocycles. The third-order valence-electron chi connectivity index (χ3n) is 6.28. The number of carbonyl (C=O) groups excluding carboxylic acids is 1. The minimum absolute atomic E-state index is 0.253. The number of fused-ring (bicyclic) bond motifs is 2. The van der Waals surface area contributed by atoms with Crippen LogP contribution in [0.2, 0.25) is 0 Å². The molecule has 3 heterocycles. The Morgan fingerprint density at radius 3 is 2.88 bits per heavy atom. The number of hydrogen-bond donors (Lipinski definition) is 1. The Labute approximate surface area is 197 Å². The Morgan fingerprint density at radius 2 is 2.00 bits per heavy atom. The molecule has 1 N–H and O–H groups in total. The van der Waals surface area contributed by atoms with Gasteiger partial charge in [-0.05, 0) is 48.2 Å². The van der Waals surface area contributed by atoms with E-state index in [-0.39, 0.29) is 12.5 Å². The SMILES string of the molecule is C[C@@H](Cc1ccc2c(c1)OCO2)CN1CCc2nnc(CNC(=O)c3cccc(F)c3)n2CC1. The summed E-state index contributed by atoms with van der Waals surface area (Å²) in [5.41, 5.74) is 1.54. The van der Waals surface area contributed by atoms with Crippen molar-refractivity contribution in [3.8, 4) is 11.5 Å². The molecule has 1 atom stereocenters. The van der Waals surface area contributed by atoms with Crippen molar-refractivity contribution in [2.24, 2.45) is 5.92 Å². The molecule has 34 heavy (non-hydrogen) atoms. The Kier molecular flexibility index (Phi) is 6.44. The average Bonchev–Trinajstić information content (AvgIpc) is 3.40. The Balaban J connectivity index is 1.14. The molecule has 0 radical (unpaired) electrons. The highest BCUT2D eigenvalue weighted by molar-refractivity contribution is 5.94. The highest BCUT2D eigenvalue weighted by Gasteiger charge is 2.21. The fraction of sp³-hybridized carbons (Fsp3) is 0.400. The van der Waals surface area contributed by atoms with E-state index >= 15 is 0 Å². The molecular formula is C25H28FN5O3. The number of benzene rings is 2. The van der Waals surface area contributed by atoms with Crippen LogP contribution in [0.3, 0.4) is 0 Å². The first kappa shape index (κ1) is 22.3. The van der Waals surface area contributed by atoms with Crippen LogP contribution in [0.25, 0.3) is 0 Å². The first-order valence-corrected chi connectivity index (χ1v) is 11.6. The minimum atomic E-state index is -0.433. The molecular weight excluding hydrogens is 437 g/mol. The van der Waals surface area contributed by atoms with E-state index in [4.69, 9.17) is 9.47 Å². The molecule has 8 nitrogen and oxygen atoms in total. The highest BCUT2D eigenvalue weighted by Crippen LogP contribution is 2.33. The summed E-state index contributed by atoms with van der Waals surface area (Å²) in [6, 6.07) is 11.8. The van der Waals surface area contributed by atoms with E-state index in [1.54, 1.807) is 6.07 Å². The molecule has 5 rings (SSSR count). The lowest BCUT2D eigenvalue weighted by Gasteiger charge is -2.24. The van der Waals surface area contributed by atoms with E-state index in [1.807, 2.05) is 6.07 Å². The van der Waals surface area contributed by atoms with E-state index < -0.39 is 5.82 Å². The second-order valence-corrected chi connectivity index (χ2v) is 8.92. The predicted octanol–water partition coefficient (Wildman–Crippen LogP) is 2.81. The molecule has 0 unspecified atom stereocenters. The zero-order valence-electron chi connectivity index (χ0n) is 19.2. The van der Waals surface area contributed by atoms with Gasteiger partial charge in [0, 0.05) is 38.2 Å². The van der Waals surface area contributed by atoms with Gasteiger partial charge >= 0.3 is 0 Å². The largest absolute Gasteiger partial charge is 0.454 e. The van der Waals surface area contributed by atoms with Gasteiger partial charge in [0.15, 0.2) is 17.3 Å². The van der Waals surface area contributed by atoms with Gasteiger partial charge in [-0.3, -0.25) is 4.79 Å². The Hall–Kier alpha value is -3.46. The highest BCUT2D eigenvalue weighted by atomic mass is 19.1. The summed E-state index contributed by atoms with van der Waals surface area (Å²) in [4.78, 5) is 14.8. The molecule has 178 valence electrons. The van der Waals surface area contributed by atoms with Gasteiger partial charge in [-0.1, -0.05) is 19.1 Å². The van der Waals surface area contributed by atoms with Crippen molar-refractivity contribution < 1.29 is 18.7 Å². The van der Waals surface area contributed by atoms with Crippen molar-refractivity contribution in [2.45, 2.75) is 32.9 Å². The molecule has 0 saturated heterocycles. The van der Waals surface area contributed by atoms with Gasteiger partial charge in [0.2, 0.25) is 6.79 Å². The molecule has 1 aromatic heterocycles. The lowest BCUT2D eigenvalue weighted by atomic mass is 10.00. The van der Waals surface area contributed by atoms with E-state index in [1.165, 1.54) is 23.8 Å². The summed E-state index contributed by atoms with van der Waals surface area (Å²) in [5.74, 6) is 3.01. The fourth-order valence-electron chi connectivity index (χ4n) is 4.61. The molecule has 0 bridgehead atoms. The van der Waals surface area contributed by atoms with Gasteiger partial charge < -0.3 is 24.3 Å². The van der Waals surface area contributed by atoms with Crippen LogP contribution < -0.4 is 14.8 Å². The molecule has 2 aromatic carbocycles. The van der Waals surface area contributed by atoms with Crippen LogP contribution in [0.5, 0.6) is 11.5 Å². The first-order valence-electron chi connectivity index (χ1n) is 11.6. The average molecular weight is 466 g/mol. The lowest BCUT2D eigenvalue weighted by molar-refractivity contribution is 0.0949. The second kappa shape index (κ2) is 9.80. The smallest absolute Gasteiger partial charge is 0.251 e. The number of nitrogens with zero attached hydrogens (tertiary/aromatic N) is 4. The van der Waals surface area contributed by atoms with Crippen LogP contribution in [-0.2, 0) is 25.9 Å². The van der Waals surface area contributed by atoms with Crippen LogP contribution >= 0.6 is 0 Å². The summed E-state index contributed by atoms with van der Waals surface area (Å²) >= 11 is 0. The monoisotopic (exact) mass is 465 g/mol. The quantitative estimate of drug-likeness (QED) is 0.578. The lowest BCUT2D eigenvalue weighted by Crippen LogP contribution is -2.32. The Morgan fingerprint density at radius 1 is 1.12 bits per heavy atom. The van der Waals surface area contributed by atoms with Crippen LogP contribution in [0, 0.1) is 11.7 Å². The molecule has 0 fully saturated rings. The molecule has 1 amide bonds. The zero-order chi connectivity index (χ0) is 23.5. The molecule has 9 heteroatoms. The molecule has 0 aliphatic carbocycles. The number of amides is 1. The zero-order valence-corrected chi connectivity index (χ0v) is 19.2. The third kappa shape index (κ3) is 5.04. The summed E-state index contributed by atoms with van der Waals surface area (Å²) in [6.07, 6.45) is 1.78. The number of aromatic nitrogens is 3. The summed E-state index contributed by atoms with van der Waals surface area (Å²) in [5, 5.41) is 11.4. The second-order valence-electron chi connectivity index (χ2n) is 8.92.